The largest absolute Gasteiger partial charge is 0.486 e. The molecule has 1 N–H and O–H groups in total. The Morgan fingerprint density at radius 1 is 1.15 bits per heavy atom. The summed E-state index contributed by atoms with van der Waals surface area (Å²) in [6.45, 7) is 8.27. The summed E-state index contributed by atoms with van der Waals surface area (Å²) in [6.07, 6.45) is 1.33. The average molecular weight is 442 g/mol. The molecule has 3 aromatic carbocycles. The highest BCUT2D eigenvalue weighted by Crippen LogP contribution is 2.40. The molecule has 0 bridgehead atoms. The molecule has 1 aliphatic heterocycles. The van der Waals surface area contributed by atoms with Crippen molar-refractivity contribution in [3.8, 4) is 11.4 Å². The van der Waals surface area contributed by atoms with Gasteiger partial charge >= 0.3 is 5.97 Å². The Balaban J connectivity index is 1.39. The first-order chi connectivity index (χ1) is 15.9. The lowest BCUT2D eigenvalue weighted by molar-refractivity contribution is -0.149. The predicted octanol–water partition coefficient (Wildman–Crippen LogP) is 5.64. The number of aromatic nitrogens is 2. The Morgan fingerprint density at radius 3 is 2.79 bits per heavy atom. The fourth-order valence-corrected chi connectivity index (χ4v) is 4.58. The number of aryl methyl sites for hydroxylation is 1. The Hall–Kier alpha value is -3.80. The molecule has 0 fully saturated rings. The Kier molecular flexibility index (Phi) is 5.29. The van der Waals surface area contributed by atoms with Crippen molar-refractivity contribution in [1.82, 2.24) is 9.55 Å². The van der Waals surface area contributed by atoms with Gasteiger partial charge in [-0.2, -0.15) is 0 Å². The molecule has 6 nitrogen and oxygen atoms in total. The lowest BCUT2D eigenvalue weighted by atomic mass is 10.0. The van der Waals surface area contributed by atoms with E-state index in [9.17, 15) is 4.79 Å². The molecule has 33 heavy (non-hydrogen) atoms. The zero-order chi connectivity index (χ0) is 23.1. The second kappa shape index (κ2) is 8.28. The van der Waals surface area contributed by atoms with Gasteiger partial charge in [0.2, 0.25) is 0 Å². The number of ether oxygens (including phenoxy) is 2. The fraction of sp³-hybridized carbons (Fsp3) is 0.259. The minimum atomic E-state index is -0.362. The SMILES string of the molecule is CC(=O)O[C@H]1c2ccc(NCc3cccc(-n4cnc5cccc(C)c54)c3C)cc2OC1C. The van der Waals surface area contributed by atoms with E-state index in [4.69, 9.17) is 9.47 Å². The number of benzene rings is 3. The van der Waals surface area contributed by atoms with Gasteiger partial charge in [0, 0.05) is 30.8 Å². The first-order valence-corrected chi connectivity index (χ1v) is 11.2. The van der Waals surface area contributed by atoms with Gasteiger partial charge < -0.3 is 14.8 Å². The number of nitrogens with zero attached hydrogens (tertiary/aromatic N) is 2. The maximum atomic E-state index is 11.4. The molecule has 5 rings (SSSR count). The highest BCUT2D eigenvalue weighted by atomic mass is 16.6. The lowest BCUT2D eigenvalue weighted by Crippen LogP contribution is -2.18. The number of para-hydroxylation sites is 1. The topological polar surface area (TPSA) is 65.4 Å². The van der Waals surface area contributed by atoms with E-state index < -0.39 is 0 Å². The van der Waals surface area contributed by atoms with E-state index in [1.807, 2.05) is 43.6 Å². The summed E-state index contributed by atoms with van der Waals surface area (Å²) in [5, 5.41) is 3.51. The van der Waals surface area contributed by atoms with E-state index >= 15 is 0 Å². The number of rotatable bonds is 5. The van der Waals surface area contributed by atoms with E-state index in [1.165, 1.54) is 23.6 Å². The van der Waals surface area contributed by atoms with Crippen molar-refractivity contribution < 1.29 is 14.3 Å². The second-order valence-electron chi connectivity index (χ2n) is 8.58. The summed E-state index contributed by atoms with van der Waals surface area (Å²) in [7, 11) is 0. The van der Waals surface area contributed by atoms with Crippen LogP contribution in [0.25, 0.3) is 16.7 Å². The van der Waals surface area contributed by atoms with E-state index in [1.54, 1.807) is 0 Å². The number of carbonyl (C=O) groups excluding carboxylic acids is 1. The number of fused-ring (bicyclic) bond motifs is 2. The highest BCUT2D eigenvalue weighted by Gasteiger charge is 2.33. The molecule has 4 aromatic rings. The van der Waals surface area contributed by atoms with Gasteiger partial charge in [0.1, 0.15) is 18.2 Å². The number of hydrogen-bond donors (Lipinski definition) is 1. The van der Waals surface area contributed by atoms with Crippen LogP contribution in [-0.2, 0) is 16.1 Å². The number of carbonyl (C=O) groups is 1. The smallest absolute Gasteiger partial charge is 0.303 e. The molecule has 1 aromatic heterocycles. The first-order valence-electron chi connectivity index (χ1n) is 11.2. The van der Waals surface area contributed by atoms with E-state index in [-0.39, 0.29) is 18.2 Å². The molecule has 2 heterocycles. The van der Waals surface area contributed by atoms with E-state index in [2.05, 4.69) is 53.0 Å². The molecule has 2 atom stereocenters. The summed E-state index contributed by atoms with van der Waals surface area (Å²) in [5.74, 6) is 0.450. The van der Waals surface area contributed by atoms with E-state index in [0.29, 0.717) is 6.54 Å². The number of nitrogens with one attached hydrogen (secondary N) is 1. The Labute approximate surface area is 193 Å². The molecular formula is C27H27N3O3. The van der Waals surface area contributed by atoms with Crippen molar-refractivity contribution >= 4 is 22.7 Å². The van der Waals surface area contributed by atoms with Crippen LogP contribution in [-0.4, -0.2) is 21.6 Å². The van der Waals surface area contributed by atoms with Gasteiger partial charge in [0.25, 0.3) is 0 Å². The standard InChI is InChI=1S/C27H27N3O3/c1-16-7-5-9-23-26(16)30(15-29-23)24-10-6-8-20(17(24)2)14-28-21-11-12-22-25(13-21)32-18(3)27(22)33-19(4)31/h5-13,15,18,27-28H,14H2,1-4H3/t18?,27-/m1/s1. The molecular weight excluding hydrogens is 414 g/mol. The van der Waals surface area contributed by atoms with Crippen LogP contribution in [0.15, 0.2) is 60.9 Å². The third kappa shape index (κ3) is 3.82. The summed E-state index contributed by atoms with van der Waals surface area (Å²) in [6, 6.07) is 18.5. The molecule has 0 aliphatic carbocycles. The van der Waals surface area contributed by atoms with Gasteiger partial charge in [-0.05, 0) is 61.7 Å². The normalized spacial score (nSPS) is 17.0. The molecule has 1 unspecified atom stereocenters. The van der Waals surface area contributed by atoms with Crippen molar-refractivity contribution in [2.45, 2.75) is 46.4 Å². The van der Waals surface area contributed by atoms with Gasteiger partial charge in [0.15, 0.2) is 6.10 Å². The van der Waals surface area contributed by atoms with Gasteiger partial charge in [0.05, 0.1) is 16.7 Å². The van der Waals surface area contributed by atoms with E-state index in [0.717, 1.165) is 33.7 Å². The van der Waals surface area contributed by atoms with Crippen LogP contribution in [0.2, 0.25) is 0 Å². The minimum absolute atomic E-state index is 0.202. The fourth-order valence-electron chi connectivity index (χ4n) is 4.58. The molecule has 0 saturated carbocycles. The van der Waals surface area contributed by atoms with Crippen molar-refractivity contribution in [1.29, 1.82) is 0 Å². The quantitative estimate of drug-likeness (QED) is 0.406. The molecule has 0 radical (unpaired) electrons. The van der Waals surface area contributed by atoms with Crippen molar-refractivity contribution in [2.75, 3.05) is 5.32 Å². The molecule has 0 saturated heterocycles. The van der Waals surface area contributed by atoms with Crippen LogP contribution in [0.1, 0.15) is 42.2 Å². The van der Waals surface area contributed by atoms with Crippen LogP contribution >= 0.6 is 0 Å². The molecule has 0 spiro atoms. The molecule has 0 amide bonds. The average Bonchev–Trinajstić information content (AvgIpc) is 3.34. The molecule has 168 valence electrons. The Morgan fingerprint density at radius 2 is 1.97 bits per heavy atom. The highest BCUT2D eigenvalue weighted by molar-refractivity contribution is 5.81. The first kappa shape index (κ1) is 21.1. The summed E-state index contributed by atoms with van der Waals surface area (Å²) >= 11 is 0. The van der Waals surface area contributed by atoms with Crippen molar-refractivity contribution in [2.24, 2.45) is 0 Å². The van der Waals surface area contributed by atoms with Gasteiger partial charge in [-0.25, -0.2) is 4.98 Å². The van der Waals surface area contributed by atoms with Crippen LogP contribution < -0.4 is 10.1 Å². The van der Waals surface area contributed by atoms with Gasteiger partial charge in [-0.15, -0.1) is 0 Å². The summed E-state index contributed by atoms with van der Waals surface area (Å²) in [5.41, 5.74) is 8.73. The third-order valence-electron chi connectivity index (χ3n) is 6.28. The van der Waals surface area contributed by atoms with Crippen LogP contribution in [0.5, 0.6) is 5.75 Å². The summed E-state index contributed by atoms with van der Waals surface area (Å²) < 4.78 is 13.5. The zero-order valence-corrected chi connectivity index (χ0v) is 19.3. The second-order valence-corrected chi connectivity index (χ2v) is 8.58. The van der Waals surface area contributed by atoms with Crippen LogP contribution in [0.3, 0.4) is 0 Å². The third-order valence-corrected chi connectivity index (χ3v) is 6.28. The number of imidazole rings is 1. The lowest BCUT2D eigenvalue weighted by Gasteiger charge is -2.15. The summed E-state index contributed by atoms with van der Waals surface area (Å²) in [4.78, 5) is 16.0. The monoisotopic (exact) mass is 441 g/mol. The number of hydrogen-bond acceptors (Lipinski definition) is 5. The predicted molar refractivity (Wildman–Crippen MR) is 129 cm³/mol. The maximum Gasteiger partial charge on any atom is 0.303 e. The Bertz CT molecular complexity index is 1360. The van der Waals surface area contributed by atoms with Crippen molar-refractivity contribution in [3.63, 3.8) is 0 Å². The van der Waals surface area contributed by atoms with Crippen LogP contribution in [0.4, 0.5) is 5.69 Å². The van der Waals surface area contributed by atoms with Gasteiger partial charge in [-0.3, -0.25) is 9.36 Å². The van der Waals surface area contributed by atoms with Crippen molar-refractivity contribution in [3.05, 3.63) is 83.2 Å². The zero-order valence-electron chi connectivity index (χ0n) is 19.3. The van der Waals surface area contributed by atoms with Crippen LogP contribution in [0, 0.1) is 13.8 Å². The minimum Gasteiger partial charge on any atom is -0.486 e. The molecule has 6 heteroatoms. The molecule has 1 aliphatic rings. The number of esters is 1. The maximum absolute atomic E-state index is 11.4. The van der Waals surface area contributed by atoms with Gasteiger partial charge in [-0.1, -0.05) is 24.3 Å². The number of anilines is 1.